The van der Waals surface area contributed by atoms with Crippen molar-refractivity contribution in [2.24, 2.45) is 0 Å². The number of hydrogen-bond acceptors (Lipinski definition) is 4. The topological polar surface area (TPSA) is 51.0 Å². The first-order valence-electron chi connectivity index (χ1n) is 5.00. The molecule has 1 atom stereocenters. The molecule has 2 heterocycles. The molecule has 0 aromatic carbocycles. The maximum atomic E-state index is 5.28. The van der Waals surface area contributed by atoms with E-state index >= 15 is 0 Å². The zero-order valence-electron chi connectivity index (χ0n) is 8.85. The Morgan fingerprint density at radius 3 is 2.81 bits per heavy atom. The normalized spacial score (nSPS) is 12.4. The Morgan fingerprint density at radius 2 is 2.19 bits per heavy atom. The number of nitrogens with one attached hydrogen (secondary N) is 1. The molecule has 0 aliphatic heterocycles. The average molecular weight is 329 g/mol. The van der Waals surface area contributed by atoms with Gasteiger partial charge in [-0.05, 0) is 41.6 Å². The standard InChI is InChI=1S/C11H12IN3O/c1-8(5-10-3-2-4-16-10)15-11-13-6-9(12)7-14-11/h2-4,6-8H,5H2,1H3,(H,13,14,15). The summed E-state index contributed by atoms with van der Waals surface area (Å²) in [4.78, 5) is 8.37. The monoisotopic (exact) mass is 329 g/mol. The molecule has 84 valence electrons. The van der Waals surface area contributed by atoms with Crippen LogP contribution in [0.1, 0.15) is 12.7 Å². The molecule has 0 saturated carbocycles. The van der Waals surface area contributed by atoms with Crippen molar-refractivity contribution in [2.75, 3.05) is 5.32 Å². The van der Waals surface area contributed by atoms with Gasteiger partial charge < -0.3 is 9.73 Å². The van der Waals surface area contributed by atoms with E-state index in [1.165, 1.54) is 0 Å². The van der Waals surface area contributed by atoms with Crippen LogP contribution in [-0.2, 0) is 6.42 Å². The second-order valence-electron chi connectivity index (χ2n) is 3.55. The highest BCUT2D eigenvalue weighted by Gasteiger charge is 2.06. The highest BCUT2D eigenvalue weighted by Crippen LogP contribution is 2.08. The van der Waals surface area contributed by atoms with Crippen LogP contribution in [0.15, 0.2) is 35.2 Å². The van der Waals surface area contributed by atoms with Gasteiger partial charge in [-0.15, -0.1) is 0 Å². The molecule has 2 rings (SSSR count). The van der Waals surface area contributed by atoms with E-state index in [0.29, 0.717) is 5.95 Å². The van der Waals surface area contributed by atoms with Crippen molar-refractivity contribution in [3.63, 3.8) is 0 Å². The van der Waals surface area contributed by atoms with Crippen molar-refractivity contribution in [2.45, 2.75) is 19.4 Å². The molecule has 0 amide bonds. The van der Waals surface area contributed by atoms with E-state index in [1.54, 1.807) is 18.7 Å². The van der Waals surface area contributed by atoms with Crippen molar-refractivity contribution < 1.29 is 4.42 Å². The molecule has 16 heavy (non-hydrogen) atoms. The summed E-state index contributed by atoms with van der Waals surface area (Å²) in [6.45, 7) is 2.07. The summed E-state index contributed by atoms with van der Waals surface area (Å²) < 4.78 is 6.31. The van der Waals surface area contributed by atoms with E-state index in [9.17, 15) is 0 Å². The lowest BCUT2D eigenvalue weighted by Gasteiger charge is -2.11. The van der Waals surface area contributed by atoms with Gasteiger partial charge in [0.2, 0.25) is 5.95 Å². The summed E-state index contributed by atoms with van der Waals surface area (Å²) in [5.41, 5.74) is 0. The van der Waals surface area contributed by atoms with Crippen LogP contribution in [0.2, 0.25) is 0 Å². The molecule has 0 spiro atoms. The van der Waals surface area contributed by atoms with Gasteiger partial charge in [0, 0.05) is 28.4 Å². The predicted octanol–water partition coefficient (Wildman–Crippen LogP) is 2.72. The molecule has 4 nitrogen and oxygen atoms in total. The fourth-order valence-electron chi connectivity index (χ4n) is 1.39. The number of hydrogen-bond donors (Lipinski definition) is 1. The maximum Gasteiger partial charge on any atom is 0.222 e. The molecule has 0 saturated heterocycles. The largest absolute Gasteiger partial charge is 0.469 e. The molecule has 1 N–H and O–H groups in total. The molecule has 0 aliphatic rings. The molecule has 0 fully saturated rings. The molecule has 0 aliphatic carbocycles. The molecule has 1 unspecified atom stereocenters. The van der Waals surface area contributed by atoms with Crippen LogP contribution >= 0.6 is 22.6 Å². The number of furan rings is 1. The van der Waals surface area contributed by atoms with Gasteiger partial charge in [0.1, 0.15) is 5.76 Å². The van der Waals surface area contributed by atoms with Gasteiger partial charge in [-0.2, -0.15) is 0 Å². The van der Waals surface area contributed by atoms with E-state index in [4.69, 9.17) is 4.42 Å². The van der Waals surface area contributed by atoms with E-state index in [-0.39, 0.29) is 6.04 Å². The lowest BCUT2D eigenvalue weighted by molar-refractivity contribution is 0.497. The average Bonchev–Trinajstić information content (AvgIpc) is 2.74. The van der Waals surface area contributed by atoms with Crippen molar-refractivity contribution in [1.29, 1.82) is 0 Å². The summed E-state index contributed by atoms with van der Waals surface area (Å²) >= 11 is 2.18. The maximum absolute atomic E-state index is 5.28. The summed E-state index contributed by atoms with van der Waals surface area (Å²) in [6, 6.07) is 4.10. The van der Waals surface area contributed by atoms with Gasteiger partial charge in [-0.1, -0.05) is 0 Å². The zero-order chi connectivity index (χ0) is 11.4. The molecular weight excluding hydrogens is 317 g/mol. The second-order valence-corrected chi connectivity index (χ2v) is 4.80. The summed E-state index contributed by atoms with van der Waals surface area (Å²) in [7, 11) is 0. The van der Waals surface area contributed by atoms with Gasteiger partial charge in [-0.25, -0.2) is 9.97 Å². The van der Waals surface area contributed by atoms with Gasteiger partial charge in [0.25, 0.3) is 0 Å². The first kappa shape index (κ1) is 11.4. The third-order valence-corrected chi connectivity index (χ3v) is 2.64. The Balaban J connectivity index is 1.92. The molecule has 5 heteroatoms. The SMILES string of the molecule is CC(Cc1ccco1)Nc1ncc(I)cn1. The van der Waals surface area contributed by atoms with E-state index < -0.39 is 0 Å². The van der Waals surface area contributed by atoms with Crippen LogP contribution < -0.4 is 5.32 Å². The summed E-state index contributed by atoms with van der Waals surface area (Å²) in [5, 5.41) is 3.22. The van der Waals surface area contributed by atoms with Gasteiger partial charge in [0.15, 0.2) is 0 Å². The highest BCUT2D eigenvalue weighted by molar-refractivity contribution is 14.1. The minimum atomic E-state index is 0.242. The first-order valence-corrected chi connectivity index (χ1v) is 6.08. The van der Waals surface area contributed by atoms with Crippen LogP contribution in [0, 0.1) is 3.57 Å². The van der Waals surface area contributed by atoms with Crippen molar-refractivity contribution >= 4 is 28.5 Å². The fraction of sp³-hybridized carbons (Fsp3) is 0.273. The van der Waals surface area contributed by atoms with Crippen LogP contribution in [0.25, 0.3) is 0 Å². The summed E-state index contributed by atoms with van der Waals surface area (Å²) in [6.07, 6.45) is 6.08. The molecular formula is C11H12IN3O. The predicted molar refractivity (Wildman–Crippen MR) is 70.2 cm³/mol. The Labute approximate surface area is 108 Å². The third-order valence-electron chi connectivity index (χ3n) is 2.08. The number of rotatable bonds is 4. The van der Waals surface area contributed by atoms with Gasteiger partial charge in [0.05, 0.1) is 6.26 Å². The number of nitrogens with zero attached hydrogens (tertiary/aromatic N) is 2. The lowest BCUT2D eigenvalue weighted by Crippen LogP contribution is -2.19. The molecule has 0 bridgehead atoms. The molecule has 2 aromatic heterocycles. The first-order chi connectivity index (χ1) is 7.74. The smallest absolute Gasteiger partial charge is 0.222 e. The Bertz CT molecular complexity index is 427. The fourth-order valence-corrected chi connectivity index (χ4v) is 1.67. The van der Waals surface area contributed by atoms with E-state index in [0.717, 1.165) is 15.8 Å². The quantitative estimate of drug-likeness (QED) is 0.877. The number of halogens is 1. The minimum Gasteiger partial charge on any atom is -0.469 e. The summed E-state index contributed by atoms with van der Waals surface area (Å²) in [5.74, 6) is 1.62. The Kier molecular flexibility index (Phi) is 3.76. The van der Waals surface area contributed by atoms with Crippen LogP contribution in [-0.4, -0.2) is 16.0 Å². The third kappa shape index (κ3) is 3.19. The van der Waals surface area contributed by atoms with Crippen molar-refractivity contribution in [1.82, 2.24) is 9.97 Å². The van der Waals surface area contributed by atoms with Crippen molar-refractivity contribution in [3.8, 4) is 0 Å². The second kappa shape index (κ2) is 5.29. The highest BCUT2D eigenvalue weighted by atomic mass is 127. The van der Waals surface area contributed by atoms with Gasteiger partial charge in [-0.3, -0.25) is 0 Å². The van der Waals surface area contributed by atoms with Gasteiger partial charge >= 0.3 is 0 Å². The molecule has 2 aromatic rings. The Hall–Kier alpha value is -1.11. The molecule has 0 radical (unpaired) electrons. The van der Waals surface area contributed by atoms with Crippen molar-refractivity contribution in [3.05, 3.63) is 40.1 Å². The van der Waals surface area contributed by atoms with E-state index in [1.807, 2.05) is 12.1 Å². The Morgan fingerprint density at radius 1 is 1.44 bits per heavy atom. The van der Waals surface area contributed by atoms with Crippen LogP contribution in [0.3, 0.4) is 0 Å². The number of anilines is 1. The minimum absolute atomic E-state index is 0.242. The lowest BCUT2D eigenvalue weighted by atomic mass is 10.2. The van der Waals surface area contributed by atoms with E-state index in [2.05, 4.69) is 44.8 Å². The number of aromatic nitrogens is 2. The van der Waals surface area contributed by atoms with Crippen LogP contribution in [0.5, 0.6) is 0 Å². The van der Waals surface area contributed by atoms with Crippen LogP contribution in [0.4, 0.5) is 5.95 Å². The zero-order valence-corrected chi connectivity index (χ0v) is 11.0.